The fraction of sp³-hybridized carbons (Fsp3) is 0.500. The third-order valence-corrected chi connectivity index (χ3v) is 2.72. The normalized spacial score (nSPS) is 13.7. The van der Waals surface area contributed by atoms with E-state index in [1.54, 1.807) is 21.1 Å². The van der Waals surface area contributed by atoms with E-state index in [-0.39, 0.29) is 12.1 Å². The van der Waals surface area contributed by atoms with E-state index in [2.05, 4.69) is 5.32 Å². The number of rotatable bonds is 6. The minimum atomic E-state index is -0.548. The van der Waals surface area contributed by atoms with Gasteiger partial charge in [0.2, 0.25) is 0 Å². The summed E-state index contributed by atoms with van der Waals surface area (Å²) in [5.74, 6) is 0. The molecule has 1 aromatic carbocycles. The molecule has 2 N–H and O–H groups in total. The van der Waals surface area contributed by atoms with Gasteiger partial charge in [-0.25, -0.2) is 4.79 Å². The van der Waals surface area contributed by atoms with Crippen molar-refractivity contribution in [3.05, 3.63) is 35.9 Å². The molecule has 0 saturated carbocycles. The molecule has 0 saturated heterocycles. The molecule has 5 nitrogen and oxygen atoms in total. The Balaban J connectivity index is 2.66. The summed E-state index contributed by atoms with van der Waals surface area (Å²) in [4.78, 5) is 13.4. The second kappa shape index (κ2) is 7.76. The Morgan fingerprint density at radius 3 is 2.58 bits per heavy atom. The smallest absolute Gasteiger partial charge is 0.317 e. The minimum absolute atomic E-state index is 0.199. The molecule has 0 spiro atoms. The van der Waals surface area contributed by atoms with Gasteiger partial charge in [-0.3, -0.25) is 0 Å². The SMILES string of the molecule is COCC(NC(=O)N(C)CC(C)O)c1ccccc1. The van der Waals surface area contributed by atoms with E-state index in [0.717, 1.165) is 5.56 Å². The number of aliphatic hydroxyl groups excluding tert-OH is 1. The number of nitrogens with one attached hydrogen (secondary N) is 1. The van der Waals surface area contributed by atoms with Crippen molar-refractivity contribution in [3.8, 4) is 0 Å². The first-order chi connectivity index (χ1) is 9.04. The van der Waals surface area contributed by atoms with E-state index in [4.69, 9.17) is 4.74 Å². The van der Waals surface area contributed by atoms with Gasteiger partial charge < -0.3 is 20.1 Å². The van der Waals surface area contributed by atoms with E-state index in [0.29, 0.717) is 13.2 Å². The third-order valence-electron chi connectivity index (χ3n) is 2.72. The maximum absolute atomic E-state index is 12.0. The Hall–Kier alpha value is -1.59. The number of aliphatic hydroxyl groups is 1. The van der Waals surface area contributed by atoms with Crippen molar-refractivity contribution in [2.45, 2.75) is 19.1 Å². The number of urea groups is 1. The number of amides is 2. The van der Waals surface area contributed by atoms with Crippen LogP contribution in [0.5, 0.6) is 0 Å². The zero-order chi connectivity index (χ0) is 14.3. The quantitative estimate of drug-likeness (QED) is 0.818. The van der Waals surface area contributed by atoms with E-state index in [1.807, 2.05) is 30.3 Å². The summed E-state index contributed by atoms with van der Waals surface area (Å²) in [5.41, 5.74) is 0.989. The first-order valence-corrected chi connectivity index (χ1v) is 6.28. The van der Waals surface area contributed by atoms with E-state index in [9.17, 15) is 9.90 Å². The van der Waals surface area contributed by atoms with Gasteiger partial charge in [-0.15, -0.1) is 0 Å². The van der Waals surface area contributed by atoms with Crippen molar-refractivity contribution in [3.63, 3.8) is 0 Å². The van der Waals surface area contributed by atoms with Crippen LogP contribution in [0.1, 0.15) is 18.5 Å². The maximum atomic E-state index is 12.0. The molecule has 1 aromatic rings. The van der Waals surface area contributed by atoms with Crippen LogP contribution in [0.2, 0.25) is 0 Å². The second-order valence-corrected chi connectivity index (χ2v) is 4.60. The molecule has 0 aliphatic rings. The molecule has 0 bridgehead atoms. The van der Waals surface area contributed by atoms with Crippen LogP contribution in [0, 0.1) is 0 Å². The molecule has 0 aromatic heterocycles. The van der Waals surface area contributed by atoms with Crippen LogP contribution in [0.25, 0.3) is 0 Å². The summed E-state index contributed by atoms with van der Waals surface area (Å²) in [7, 11) is 3.25. The highest BCUT2D eigenvalue weighted by molar-refractivity contribution is 5.74. The summed E-state index contributed by atoms with van der Waals surface area (Å²) < 4.78 is 5.14. The number of ether oxygens (including phenoxy) is 1. The molecule has 0 heterocycles. The van der Waals surface area contributed by atoms with Crippen LogP contribution in [-0.2, 0) is 4.74 Å². The Kier molecular flexibility index (Phi) is 6.32. The van der Waals surface area contributed by atoms with Crippen LogP contribution >= 0.6 is 0 Å². The highest BCUT2D eigenvalue weighted by Crippen LogP contribution is 2.13. The lowest BCUT2D eigenvalue weighted by molar-refractivity contribution is 0.133. The number of benzene rings is 1. The largest absolute Gasteiger partial charge is 0.392 e. The summed E-state index contributed by atoms with van der Waals surface area (Å²) in [6.07, 6.45) is -0.548. The second-order valence-electron chi connectivity index (χ2n) is 4.60. The summed E-state index contributed by atoms with van der Waals surface area (Å²) in [5, 5.41) is 12.2. The number of likely N-dealkylation sites (N-methyl/N-ethyl adjacent to an activating group) is 1. The standard InChI is InChI=1S/C14H22N2O3/c1-11(17)9-16(2)14(18)15-13(10-19-3)12-7-5-4-6-8-12/h4-8,11,13,17H,9-10H2,1-3H3,(H,15,18). The molecular weight excluding hydrogens is 244 g/mol. The predicted molar refractivity (Wildman–Crippen MR) is 73.9 cm³/mol. The van der Waals surface area contributed by atoms with Crippen molar-refractivity contribution >= 4 is 6.03 Å². The van der Waals surface area contributed by atoms with Gasteiger partial charge in [0, 0.05) is 20.7 Å². The van der Waals surface area contributed by atoms with Crippen molar-refractivity contribution < 1.29 is 14.6 Å². The van der Waals surface area contributed by atoms with Crippen molar-refractivity contribution in [2.24, 2.45) is 0 Å². The Morgan fingerprint density at radius 1 is 1.42 bits per heavy atom. The molecular formula is C14H22N2O3. The Labute approximate surface area is 114 Å². The summed E-state index contributed by atoms with van der Waals surface area (Å²) in [6.45, 7) is 2.34. The van der Waals surface area contributed by atoms with E-state index in [1.165, 1.54) is 4.90 Å². The van der Waals surface area contributed by atoms with Crippen LogP contribution in [0.3, 0.4) is 0 Å². The topological polar surface area (TPSA) is 61.8 Å². The van der Waals surface area contributed by atoms with E-state index >= 15 is 0 Å². The molecule has 0 fully saturated rings. The van der Waals surface area contributed by atoms with Gasteiger partial charge >= 0.3 is 6.03 Å². The Morgan fingerprint density at radius 2 is 2.05 bits per heavy atom. The minimum Gasteiger partial charge on any atom is -0.392 e. The fourth-order valence-corrected chi connectivity index (χ4v) is 1.81. The van der Waals surface area contributed by atoms with Gasteiger partial charge in [0.1, 0.15) is 0 Å². The highest BCUT2D eigenvalue weighted by atomic mass is 16.5. The van der Waals surface area contributed by atoms with E-state index < -0.39 is 6.10 Å². The number of nitrogens with zero attached hydrogens (tertiary/aromatic N) is 1. The van der Waals surface area contributed by atoms with Crippen LogP contribution < -0.4 is 5.32 Å². The lowest BCUT2D eigenvalue weighted by atomic mass is 10.1. The monoisotopic (exact) mass is 266 g/mol. The van der Waals surface area contributed by atoms with Crippen LogP contribution in [0.15, 0.2) is 30.3 Å². The van der Waals surface area contributed by atoms with Crippen molar-refractivity contribution in [2.75, 3.05) is 27.3 Å². The van der Waals surface area contributed by atoms with Crippen LogP contribution in [-0.4, -0.2) is 49.5 Å². The molecule has 2 atom stereocenters. The molecule has 0 aliphatic heterocycles. The first-order valence-electron chi connectivity index (χ1n) is 6.28. The molecule has 2 amide bonds. The predicted octanol–water partition coefficient (Wildman–Crippen LogP) is 1.40. The molecule has 106 valence electrons. The number of methoxy groups -OCH3 is 1. The van der Waals surface area contributed by atoms with Gasteiger partial charge in [-0.05, 0) is 12.5 Å². The number of hydrogen-bond donors (Lipinski definition) is 2. The molecule has 0 aliphatic carbocycles. The average Bonchev–Trinajstić information content (AvgIpc) is 2.38. The zero-order valence-electron chi connectivity index (χ0n) is 11.7. The fourth-order valence-electron chi connectivity index (χ4n) is 1.81. The molecule has 2 unspecified atom stereocenters. The lowest BCUT2D eigenvalue weighted by Gasteiger charge is -2.24. The third kappa shape index (κ3) is 5.28. The highest BCUT2D eigenvalue weighted by Gasteiger charge is 2.17. The van der Waals surface area contributed by atoms with Gasteiger partial charge in [-0.2, -0.15) is 0 Å². The average molecular weight is 266 g/mol. The van der Waals surface area contributed by atoms with Gasteiger partial charge in [0.15, 0.2) is 0 Å². The number of hydrogen-bond acceptors (Lipinski definition) is 3. The van der Waals surface area contributed by atoms with Gasteiger partial charge in [-0.1, -0.05) is 30.3 Å². The van der Waals surface area contributed by atoms with Crippen molar-refractivity contribution in [1.82, 2.24) is 10.2 Å². The summed E-state index contributed by atoms with van der Waals surface area (Å²) in [6, 6.07) is 9.22. The molecule has 1 rings (SSSR count). The lowest BCUT2D eigenvalue weighted by Crippen LogP contribution is -2.43. The van der Waals surface area contributed by atoms with Crippen LogP contribution in [0.4, 0.5) is 4.79 Å². The Bertz CT molecular complexity index is 382. The molecule has 0 radical (unpaired) electrons. The molecule has 19 heavy (non-hydrogen) atoms. The van der Waals surface area contributed by atoms with Gasteiger partial charge in [0.25, 0.3) is 0 Å². The number of carbonyl (C=O) groups excluding carboxylic acids is 1. The van der Waals surface area contributed by atoms with Crippen molar-refractivity contribution in [1.29, 1.82) is 0 Å². The zero-order valence-corrected chi connectivity index (χ0v) is 11.7. The number of carbonyl (C=O) groups is 1. The summed E-state index contributed by atoms with van der Waals surface area (Å²) >= 11 is 0. The first kappa shape index (κ1) is 15.5. The van der Waals surface area contributed by atoms with Gasteiger partial charge in [0.05, 0.1) is 18.8 Å². The molecule has 5 heteroatoms. The maximum Gasteiger partial charge on any atom is 0.317 e.